The molecule has 0 amide bonds. The average Bonchev–Trinajstić information content (AvgIpc) is 3.28. The van der Waals surface area contributed by atoms with E-state index in [0.29, 0.717) is 20.7 Å². The Morgan fingerprint density at radius 3 is 2.66 bits per heavy atom. The molecule has 29 heavy (non-hydrogen) atoms. The number of nitrogens with zero attached hydrogens (tertiary/aromatic N) is 2. The highest BCUT2D eigenvalue weighted by atomic mass is 35.5. The molecule has 0 radical (unpaired) electrons. The normalized spacial score (nSPS) is 11.0. The lowest BCUT2D eigenvalue weighted by molar-refractivity contribution is 0.0456. The number of thiophene rings is 1. The van der Waals surface area contributed by atoms with Gasteiger partial charge in [0.1, 0.15) is 28.7 Å². The number of hydrogen-bond acceptors (Lipinski definition) is 5. The number of para-hydroxylation sites is 1. The van der Waals surface area contributed by atoms with Gasteiger partial charge in [0.05, 0.1) is 16.4 Å². The summed E-state index contributed by atoms with van der Waals surface area (Å²) in [4.78, 5) is 13.9. The third-order valence-electron chi connectivity index (χ3n) is 4.21. The fraction of sp³-hybridized carbons (Fsp3) is 0.143. The molecule has 2 heterocycles. The first kappa shape index (κ1) is 19.8. The van der Waals surface area contributed by atoms with E-state index < -0.39 is 5.97 Å². The fourth-order valence-electron chi connectivity index (χ4n) is 2.84. The molecule has 0 bridgehead atoms. The highest BCUT2D eigenvalue weighted by Gasteiger charge is 2.18. The fourth-order valence-corrected chi connectivity index (χ4v) is 4.38. The summed E-state index contributed by atoms with van der Waals surface area (Å²) in [6, 6.07) is 16.6. The second-order valence-corrected chi connectivity index (χ2v) is 8.10. The SMILES string of the molecule is Cc1nn(-c2ccccc2)c2sc(C(=O)OCCOc3ccc(Cl)cc3Cl)cc12. The van der Waals surface area contributed by atoms with Crippen LogP contribution in [0.25, 0.3) is 15.9 Å². The Labute approximate surface area is 181 Å². The molecule has 8 heteroatoms. The van der Waals surface area contributed by atoms with Gasteiger partial charge in [-0.1, -0.05) is 41.4 Å². The molecule has 148 valence electrons. The maximum atomic E-state index is 12.5. The molecule has 2 aromatic heterocycles. The first-order valence-corrected chi connectivity index (χ1v) is 10.4. The molecular formula is C21H16Cl2N2O3S. The number of aryl methyl sites for hydroxylation is 1. The monoisotopic (exact) mass is 446 g/mol. The number of fused-ring (bicyclic) bond motifs is 1. The summed E-state index contributed by atoms with van der Waals surface area (Å²) in [5, 5.41) is 6.46. The topological polar surface area (TPSA) is 53.4 Å². The van der Waals surface area contributed by atoms with Crippen LogP contribution in [0.4, 0.5) is 0 Å². The van der Waals surface area contributed by atoms with Gasteiger partial charge in [-0.2, -0.15) is 5.10 Å². The minimum absolute atomic E-state index is 0.107. The van der Waals surface area contributed by atoms with Crippen molar-refractivity contribution in [1.29, 1.82) is 0 Å². The number of aromatic nitrogens is 2. The molecule has 0 unspecified atom stereocenters. The maximum absolute atomic E-state index is 12.5. The zero-order valence-electron chi connectivity index (χ0n) is 15.4. The molecule has 0 atom stereocenters. The van der Waals surface area contributed by atoms with E-state index in [-0.39, 0.29) is 13.2 Å². The van der Waals surface area contributed by atoms with Crippen LogP contribution < -0.4 is 4.74 Å². The van der Waals surface area contributed by atoms with Gasteiger partial charge in [-0.25, -0.2) is 9.48 Å². The van der Waals surface area contributed by atoms with Gasteiger partial charge in [0.25, 0.3) is 0 Å². The number of halogens is 2. The number of benzene rings is 2. The van der Waals surface area contributed by atoms with Crippen LogP contribution in [0.2, 0.25) is 10.0 Å². The second-order valence-electron chi connectivity index (χ2n) is 6.22. The summed E-state index contributed by atoms with van der Waals surface area (Å²) in [7, 11) is 0. The molecule has 0 saturated carbocycles. The van der Waals surface area contributed by atoms with E-state index >= 15 is 0 Å². The summed E-state index contributed by atoms with van der Waals surface area (Å²) in [5.41, 5.74) is 1.81. The van der Waals surface area contributed by atoms with E-state index in [2.05, 4.69) is 5.10 Å². The van der Waals surface area contributed by atoms with Crippen LogP contribution in [0.15, 0.2) is 54.6 Å². The van der Waals surface area contributed by atoms with E-state index in [0.717, 1.165) is 21.6 Å². The van der Waals surface area contributed by atoms with Gasteiger partial charge < -0.3 is 9.47 Å². The van der Waals surface area contributed by atoms with Crippen molar-refractivity contribution in [1.82, 2.24) is 9.78 Å². The largest absolute Gasteiger partial charge is 0.488 e. The van der Waals surface area contributed by atoms with Gasteiger partial charge in [-0.15, -0.1) is 11.3 Å². The van der Waals surface area contributed by atoms with Crippen molar-refractivity contribution < 1.29 is 14.3 Å². The van der Waals surface area contributed by atoms with Crippen molar-refractivity contribution in [3.63, 3.8) is 0 Å². The van der Waals surface area contributed by atoms with E-state index in [4.69, 9.17) is 32.7 Å². The van der Waals surface area contributed by atoms with Crippen molar-refractivity contribution in [2.45, 2.75) is 6.92 Å². The number of rotatable bonds is 6. The quantitative estimate of drug-likeness (QED) is 0.271. The Balaban J connectivity index is 1.42. The molecule has 0 spiro atoms. The van der Waals surface area contributed by atoms with Crippen molar-refractivity contribution in [2.75, 3.05) is 13.2 Å². The summed E-state index contributed by atoms with van der Waals surface area (Å²) in [5.74, 6) is 0.101. The molecule has 4 rings (SSSR count). The van der Waals surface area contributed by atoms with Crippen LogP contribution in [0.5, 0.6) is 5.75 Å². The summed E-state index contributed by atoms with van der Waals surface area (Å²) in [6.45, 7) is 2.22. The van der Waals surface area contributed by atoms with Gasteiger partial charge in [0.2, 0.25) is 0 Å². The summed E-state index contributed by atoms with van der Waals surface area (Å²) in [6.07, 6.45) is 0. The lowest BCUT2D eigenvalue weighted by Gasteiger charge is -2.08. The number of carbonyl (C=O) groups is 1. The number of carbonyl (C=O) groups excluding carboxylic acids is 1. The zero-order valence-corrected chi connectivity index (χ0v) is 17.7. The van der Waals surface area contributed by atoms with Crippen LogP contribution >= 0.6 is 34.5 Å². The number of ether oxygens (including phenoxy) is 2. The van der Waals surface area contributed by atoms with Crippen LogP contribution in [0.1, 0.15) is 15.4 Å². The molecule has 0 fully saturated rings. The predicted molar refractivity (Wildman–Crippen MR) is 116 cm³/mol. The molecule has 0 aliphatic heterocycles. The Hall–Kier alpha value is -2.54. The van der Waals surface area contributed by atoms with Crippen LogP contribution in [0, 0.1) is 6.92 Å². The third kappa shape index (κ3) is 4.24. The maximum Gasteiger partial charge on any atom is 0.348 e. The van der Waals surface area contributed by atoms with Crippen LogP contribution in [0.3, 0.4) is 0 Å². The molecule has 0 saturated heterocycles. The van der Waals surface area contributed by atoms with Gasteiger partial charge in [0.15, 0.2) is 0 Å². The molecule has 0 N–H and O–H groups in total. The molecule has 2 aromatic carbocycles. The van der Waals surface area contributed by atoms with Crippen molar-refractivity contribution in [2.24, 2.45) is 0 Å². The Morgan fingerprint density at radius 2 is 1.90 bits per heavy atom. The van der Waals surface area contributed by atoms with E-state index in [1.807, 2.05) is 48.0 Å². The highest BCUT2D eigenvalue weighted by Crippen LogP contribution is 2.31. The minimum Gasteiger partial charge on any atom is -0.488 e. The Morgan fingerprint density at radius 1 is 1.10 bits per heavy atom. The van der Waals surface area contributed by atoms with Crippen molar-refractivity contribution in [3.8, 4) is 11.4 Å². The number of esters is 1. The Kier molecular flexibility index (Phi) is 5.76. The van der Waals surface area contributed by atoms with Gasteiger partial charge >= 0.3 is 5.97 Å². The molecule has 4 aromatic rings. The smallest absolute Gasteiger partial charge is 0.348 e. The lowest BCUT2D eigenvalue weighted by atomic mass is 10.3. The summed E-state index contributed by atoms with van der Waals surface area (Å²) < 4.78 is 12.7. The molecule has 0 aliphatic rings. The Bertz CT molecular complexity index is 1170. The first-order chi connectivity index (χ1) is 14.0. The van der Waals surface area contributed by atoms with Crippen LogP contribution in [-0.4, -0.2) is 29.0 Å². The van der Waals surface area contributed by atoms with E-state index in [9.17, 15) is 4.79 Å². The van der Waals surface area contributed by atoms with Gasteiger partial charge in [-0.3, -0.25) is 0 Å². The highest BCUT2D eigenvalue weighted by molar-refractivity contribution is 7.20. The average molecular weight is 447 g/mol. The van der Waals surface area contributed by atoms with E-state index in [1.54, 1.807) is 18.2 Å². The standard InChI is InChI=1S/C21H16Cl2N2O3S/c1-13-16-12-19(29-20(16)25(24-13)15-5-3-2-4-6-15)21(26)28-10-9-27-18-8-7-14(22)11-17(18)23/h2-8,11-12H,9-10H2,1H3. The van der Waals surface area contributed by atoms with Crippen LogP contribution in [-0.2, 0) is 4.74 Å². The second kappa shape index (κ2) is 8.45. The van der Waals surface area contributed by atoms with Crippen molar-refractivity contribution >= 4 is 50.7 Å². The molecular weight excluding hydrogens is 431 g/mol. The van der Waals surface area contributed by atoms with Crippen molar-refractivity contribution in [3.05, 3.63) is 75.2 Å². The van der Waals surface area contributed by atoms with Gasteiger partial charge in [-0.05, 0) is 43.3 Å². The summed E-state index contributed by atoms with van der Waals surface area (Å²) >= 11 is 13.3. The zero-order chi connectivity index (χ0) is 20.4. The predicted octanol–water partition coefficient (Wildman–Crippen LogP) is 5.94. The first-order valence-electron chi connectivity index (χ1n) is 8.82. The number of hydrogen-bond donors (Lipinski definition) is 0. The van der Waals surface area contributed by atoms with E-state index in [1.165, 1.54) is 11.3 Å². The van der Waals surface area contributed by atoms with Gasteiger partial charge in [0, 0.05) is 10.4 Å². The third-order valence-corrected chi connectivity index (χ3v) is 5.84. The molecule has 5 nitrogen and oxygen atoms in total. The minimum atomic E-state index is -0.393. The lowest BCUT2D eigenvalue weighted by Crippen LogP contribution is -2.11. The molecule has 0 aliphatic carbocycles.